The number of hydrogen-bond donors (Lipinski definition) is 1. The van der Waals surface area contributed by atoms with E-state index in [2.05, 4.69) is 18.7 Å². The van der Waals surface area contributed by atoms with Crippen LogP contribution in [0.4, 0.5) is 5.69 Å². The monoisotopic (exact) mass is 291 g/mol. The molecule has 0 saturated carbocycles. The maximum absolute atomic E-state index is 10.9. The number of hydrogen-bond acceptors (Lipinski definition) is 4. The van der Waals surface area contributed by atoms with Crippen molar-refractivity contribution in [2.24, 2.45) is 0 Å². The average Bonchev–Trinajstić information content (AvgIpc) is 2.38. The van der Waals surface area contributed by atoms with Crippen LogP contribution in [0.2, 0.25) is 0 Å². The van der Waals surface area contributed by atoms with E-state index in [9.17, 15) is 4.79 Å². The second kappa shape index (κ2) is 6.05. The van der Waals surface area contributed by atoms with E-state index in [1.165, 1.54) is 0 Å². The Balaban J connectivity index is 2.58. The standard InChI is InChI=1S/C15H17NO3S/c1-3-16(4-2)11-5-6-12-10(7-14(17)18)8-15(20)19-13(12)9-11/h5-6,8-9H,3-4,7H2,1-2H3,(H,17,18). The van der Waals surface area contributed by atoms with Crippen molar-refractivity contribution in [1.29, 1.82) is 0 Å². The van der Waals surface area contributed by atoms with Gasteiger partial charge in [0.15, 0.2) is 4.71 Å². The molecule has 0 unspecified atom stereocenters. The normalized spacial score (nSPS) is 10.7. The second-order valence-corrected chi connectivity index (χ2v) is 4.92. The molecule has 1 aromatic carbocycles. The Morgan fingerprint density at radius 2 is 2.00 bits per heavy atom. The zero-order valence-corrected chi connectivity index (χ0v) is 12.4. The minimum Gasteiger partial charge on any atom is -0.481 e. The van der Waals surface area contributed by atoms with Crippen LogP contribution in [0, 0.1) is 4.71 Å². The van der Waals surface area contributed by atoms with Gasteiger partial charge in [0.05, 0.1) is 6.42 Å². The molecule has 0 aliphatic heterocycles. The fourth-order valence-corrected chi connectivity index (χ4v) is 2.55. The molecule has 0 aliphatic rings. The molecular weight excluding hydrogens is 274 g/mol. The van der Waals surface area contributed by atoms with Gasteiger partial charge in [-0.05, 0) is 49.8 Å². The average molecular weight is 291 g/mol. The van der Waals surface area contributed by atoms with Gasteiger partial charge in [0.1, 0.15) is 5.58 Å². The van der Waals surface area contributed by atoms with Gasteiger partial charge in [-0.3, -0.25) is 4.79 Å². The lowest BCUT2D eigenvalue weighted by atomic mass is 10.1. The largest absolute Gasteiger partial charge is 0.481 e. The predicted molar refractivity (Wildman–Crippen MR) is 81.9 cm³/mol. The van der Waals surface area contributed by atoms with Crippen molar-refractivity contribution in [2.45, 2.75) is 20.3 Å². The van der Waals surface area contributed by atoms with E-state index >= 15 is 0 Å². The number of nitrogens with zero attached hydrogens (tertiary/aromatic N) is 1. The molecule has 2 aromatic rings. The van der Waals surface area contributed by atoms with E-state index in [4.69, 9.17) is 21.7 Å². The highest BCUT2D eigenvalue weighted by atomic mass is 32.1. The molecule has 0 spiro atoms. The molecule has 0 saturated heterocycles. The van der Waals surface area contributed by atoms with Gasteiger partial charge in [-0.15, -0.1) is 0 Å². The Morgan fingerprint density at radius 1 is 1.30 bits per heavy atom. The van der Waals surface area contributed by atoms with E-state index in [0.717, 1.165) is 24.2 Å². The quantitative estimate of drug-likeness (QED) is 0.852. The van der Waals surface area contributed by atoms with Crippen LogP contribution in [0.1, 0.15) is 19.4 Å². The molecule has 1 aromatic heterocycles. The minimum absolute atomic E-state index is 0.0544. The van der Waals surface area contributed by atoms with E-state index in [-0.39, 0.29) is 6.42 Å². The molecule has 5 heteroatoms. The number of carboxylic acids is 1. The van der Waals surface area contributed by atoms with Crippen LogP contribution in [0.5, 0.6) is 0 Å². The fraction of sp³-hybridized carbons (Fsp3) is 0.333. The van der Waals surface area contributed by atoms with Crippen molar-refractivity contribution in [3.05, 3.63) is 34.5 Å². The molecule has 1 N–H and O–H groups in total. The number of anilines is 1. The lowest BCUT2D eigenvalue weighted by Crippen LogP contribution is -2.21. The summed E-state index contributed by atoms with van der Waals surface area (Å²) in [6.07, 6.45) is -0.0544. The first kappa shape index (κ1) is 14.5. The number of carboxylic acid groups (broad SMARTS) is 1. The van der Waals surface area contributed by atoms with Crippen LogP contribution in [0.25, 0.3) is 11.0 Å². The van der Waals surface area contributed by atoms with Gasteiger partial charge in [0.2, 0.25) is 0 Å². The summed E-state index contributed by atoms with van der Waals surface area (Å²) >= 11 is 5.07. The van der Waals surface area contributed by atoms with Gasteiger partial charge in [0.25, 0.3) is 0 Å². The zero-order chi connectivity index (χ0) is 14.7. The van der Waals surface area contributed by atoms with Crippen molar-refractivity contribution < 1.29 is 14.3 Å². The molecule has 0 aliphatic carbocycles. The number of fused-ring (bicyclic) bond motifs is 1. The third-order valence-electron chi connectivity index (χ3n) is 3.28. The molecule has 0 atom stereocenters. The Kier molecular flexibility index (Phi) is 4.39. The first-order chi connectivity index (χ1) is 9.55. The molecule has 0 fully saturated rings. The van der Waals surface area contributed by atoms with Crippen LogP contribution in [0.3, 0.4) is 0 Å². The van der Waals surface area contributed by atoms with Crippen molar-refractivity contribution in [3.63, 3.8) is 0 Å². The SMILES string of the molecule is CCN(CC)c1ccc2c(CC(=O)O)cc(=S)oc2c1. The first-order valence-electron chi connectivity index (χ1n) is 6.58. The van der Waals surface area contributed by atoms with Gasteiger partial charge >= 0.3 is 5.97 Å². The van der Waals surface area contributed by atoms with Crippen LogP contribution in [0.15, 0.2) is 28.7 Å². The fourth-order valence-electron chi connectivity index (χ4n) is 2.31. The van der Waals surface area contributed by atoms with Crippen LogP contribution in [-0.4, -0.2) is 24.2 Å². The number of aliphatic carboxylic acids is 1. The summed E-state index contributed by atoms with van der Waals surface area (Å²) in [6, 6.07) is 7.42. The van der Waals surface area contributed by atoms with Gasteiger partial charge in [0, 0.05) is 30.2 Å². The highest BCUT2D eigenvalue weighted by Crippen LogP contribution is 2.25. The first-order valence-corrected chi connectivity index (χ1v) is 6.99. The van der Waals surface area contributed by atoms with Crippen molar-refractivity contribution in [3.8, 4) is 0 Å². The lowest BCUT2D eigenvalue weighted by Gasteiger charge is -2.21. The van der Waals surface area contributed by atoms with Gasteiger partial charge in [-0.25, -0.2) is 0 Å². The van der Waals surface area contributed by atoms with Gasteiger partial charge < -0.3 is 14.4 Å². The topological polar surface area (TPSA) is 53.7 Å². The Hall–Kier alpha value is -1.88. The van der Waals surface area contributed by atoms with E-state index < -0.39 is 5.97 Å². The third kappa shape index (κ3) is 2.99. The lowest BCUT2D eigenvalue weighted by molar-refractivity contribution is -0.136. The van der Waals surface area contributed by atoms with Gasteiger partial charge in [-0.2, -0.15) is 0 Å². The molecule has 0 radical (unpaired) electrons. The summed E-state index contributed by atoms with van der Waals surface area (Å²) in [7, 11) is 0. The summed E-state index contributed by atoms with van der Waals surface area (Å²) in [5, 5.41) is 9.77. The summed E-state index contributed by atoms with van der Waals surface area (Å²) in [5.74, 6) is -0.875. The maximum Gasteiger partial charge on any atom is 0.307 e. The molecule has 2 rings (SSSR count). The molecule has 20 heavy (non-hydrogen) atoms. The molecule has 1 heterocycles. The summed E-state index contributed by atoms with van der Waals surface area (Å²) < 4.78 is 5.87. The van der Waals surface area contributed by atoms with Crippen LogP contribution < -0.4 is 4.90 Å². The summed E-state index contributed by atoms with van der Waals surface area (Å²) in [5.41, 5.74) is 2.38. The Labute approximate surface area is 122 Å². The molecule has 4 nitrogen and oxygen atoms in total. The van der Waals surface area contributed by atoms with Crippen molar-refractivity contribution in [1.82, 2.24) is 0 Å². The second-order valence-electron chi connectivity index (χ2n) is 4.51. The molecular formula is C15H17NO3S. The predicted octanol–water partition coefficient (Wildman–Crippen LogP) is 3.64. The van der Waals surface area contributed by atoms with Crippen molar-refractivity contribution in [2.75, 3.05) is 18.0 Å². The minimum atomic E-state index is -0.875. The molecule has 0 bridgehead atoms. The summed E-state index contributed by atoms with van der Waals surface area (Å²) in [6.45, 7) is 5.98. The van der Waals surface area contributed by atoms with Crippen molar-refractivity contribution >= 4 is 34.8 Å². The zero-order valence-electron chi connectivity index (χ0n) is 11.5. The third-order valence-corrected chi connectivity index (χ3v) is 3.49. The summed E-state index contributed by atoms with van der Waals surface area (Å²) in [4.78, 5) is 13.1. The Bertz CT molecular complexity index is 689. The maximum atomic E-state index is 10.9. The molecule has 106 valence electrons. The number of carbonyl (C=O) groups is 1. The van der Waals surface area contributed by atoms with Crippen LogP contribution in [-0.2, 0) is 11.2 Å². The van der Waals surface area contributed by atoms with E-state index in [1.807, 2.05) is 18.2 Å². The molecule has 0 amide bonds. The van der Waals surface area contributed by atoms with E-state index in [0.29, 0.717) is 15.9 Å². The Morgan fingerprint density at radius 3 is 2.60 bits per heavy atom. The van der Waals surface area contributed by atoms with E-state index in [1.54, 1.807) is 6.07 Å². The van der Waals surface area contributed by atoms with Gasteiger partial charge in [-0.1, -0.05) is 0 Å². The highest BCUT2D eigenvalue weighted by molar-refractivity contribution is 7.71. The number of benzene rings is 1. The van der Waals surface area contributed by atoms with Crippen LogP contribution >= 0.6 is 12.2 Å². The highest BCUT2D eigenvalue weighted by Gasteiger charge is 2.10. The number of rotatable bonds is 5. The smallest absolute Gasteiger partial charge is 0.307 e.